The fraction of sp³-hybridized carbons (Fsp3) is 0.318. The van der Waals surface area contributed by atoms with Gasteiger partial charge in [0.25, 0.3) is 5.91 Å². The lowest BCUT2D eigenvalue weighted by atomic mass is 9.98. The van der Waals surface area contributed by atoms with Crippen LogP contribution in [0.5, 0.6) is 17.2 Å². The van der Waals surface area contributed by atoms with Crippen molar-refractivity contribution >= 4 is 11.7 Å². The van der Waals surface area contributed by atoms with E-state index in [9.17, 15) is 4.79 Å². The van der Waals surface area contributed by atoms with Crippen molar-refractivity contribution < 1.29 is 23.6 Å². The van der Waals surface area contributed by atoms with E-state index in [-0.39, 0.29) is 5.82 Å². The van der Waals surface area contributed by atoms with Crippen LogP contribution in [-0.2, 0) is 12.8 Å². The third-order valence-electron chi connectivity index (χ3n) is 4.87. The van der Waals surface area contributed by atoms with Gasteiger partial charge in [-0.25, -0.2) is 4.63 Å². The van der Waals surface area contributed by atoms with Crippen molar-refractivity contribution in [3.63, 3.8) is 0 Å². The van der Waals surface area contributed by atoms with Crippen LogP contribution in [0.25, 0.3) is 11.3 Å². The summed E-state index contributed by atoms with van der Waals surface area (Å²) in [6.07, 6.45) is 1.70. The van der Waals surface area contributed by atoms with Crippen molar-refractivity contribution in [3.05, 3.63) is 47.0 Å². The Balaban J connectivity index is 1.97. The molecule has 0 saturated heterocycles. The van der Waals surface area contributed by atoms with E-state index >= 15 is 0 Å². The molecule has 0 radical (unpaired) electrons. The van der Waals surface area contributed by atoms with Crippen molar-refractivity contribution in [2.75, 3.05) is 26.6 Å². The number of hydrogen-bond acceptors (Lipinski definition) is 7. The molecule has 3 rings (SSSR count). The Bertz CT molecular complexity index is 1020. The minimum Gasteiger partial charge on any atom is -0.493 e. The first kappa shape index (κ1) is 21.2. The largest absolute Gasteiger partial charge is 0.493 e. The summed E-state index contributed by atoms with van der Waals surface area (Å²) < 4.78 is 20.9. The number of aryl methyl sites for hydroxylation is 2. The lowest BCUT2D eigenvalue weighted by Crippen LogP contribution is -2.13. The van der Waals surface area contributed by atoms with E-state index in [0.29, 0.717) is 28.5 Å². The molecule has 30 heavy (non-hydrogen) atoms. The molecule has 0 aliphatic heterocycles. The second-order valence-corrected chi connectivity index (χ2v) is 6.53. The van der Waals surface area contributed by atoms with Gasteiger partial charge in [0.1, 0.15) is 0 Å². The highest BCUT2D eigenvalue weighted by atomic mass is 16.6. The van der Waals surface area contributed by atoms with Gasteiger partial charge in [-0.3, -0.25) is 4.79 Å². The summed E-state index contributed by atoms with van der Waals surface area (Å²) in [5.41, 5.74) is 3.94. The number of nitrogens with zero attached hydrogens (tertiary/aromatic N) is 2. The molecule has 0 atom stereocenters. The molecule has 1 heterocycles. The number of benzene rings is 2. The lowest BCUT2D eigenvalue weighted by molar-refractivity contribution is 0.102. The highest BCUT2D eigenvalue weighted by Crippen LogP contribution is 2.38. The minimum atomic E-state index is -0.407. The molecule has 8 nitrogen and oxygen atoms in total. The zero-order valence-corrected chi connectivity index (χ0v) is 17.7. The zero-order valence-electron chi connectivity index (χ0n) is 17.7. The number of carbonyl (C=O) groups excluding carboxylic acids is 1. The zero-order chi connectivity index (χ0) is 21.7. The number of anilines is 1. The van der Waals surface area contributed by atoms with Crippen molar-refractivity contribution in [3.8, 4) is 28.5 Å². The van der Waals surface area contributed by atoms with Crippen molar-refractivity contribution in [1.82, 2.24) is 10.3 Å². The molecular weight excluding hydrogens is 386 g/mol. The van der Waals surface area contributed by atoms with Crippen LogP contribution in [-0.4, -0.2) is 37.5 Å². The topological polar surface area (TPSA) is 95.7 Å². The van der Waals surface area contributed by atoms with Crippen molar-refractivity contribution in [2.45, 2.75) is 26.7 Å². The molecular formula is C22H25N3O5. The van der Waals surface area contributed by atoms with E-state index in [1.165, 1.54) is 21.3 Å². The molecule has 1 aromatic heterocycles. The highest BCUT2D eigenvalue weighted by molar-refractivity contribution is 6.06. The van der Waals surface area contributed by atoms with Gasteiger partial charge >= 0.3 is 0 Å². The van der Waals surface area contributed by atoms with Gasteiger partial charge in [0.15, 0.2) is 17.2 Å². The molecule has 0 aliphatic rings. The van der Waals surface area contributed by atoms with Crippen LogP contribution < -0.4 is 19.5 Å². The van der Waals surface area contributed by atoms with E-state index in [0.717, 1.165) is 29.5 Å². The SMILES string of the molecule is CCc1ccc(CC)c(-c2nonc2NC(=O)c2cc(OC)c(OC)c(OC)c2)c1. The average molecular weight is 411 g/mol. The van der Waals surface area contributed by atoms with E-state index in [1.807, 2.05) is 6.07 Å². The number of ether oxygens (including phenoxy) is 3. The number of nitrogens with one attached hydrogen (secondary N) is 1. The number of hydrogen-bond donors (Lipinski definition) is 1. The number of aromatic nitrogens is 2. The number of rotatable bonds is 8. The minimum absolute atomic E-state index is 0.247. The van der Waals surface area contributed by atoms with Gasteiger partial charge in [0, 0.05) is 11.1 Å². The number of carbonyl (C=O) groups is 1. The van der Waals surface area contributed by atoms with Gasteiger partial charge in [-0.2, -0.15) is 0 Å². The number of amides is 1. The van der Waals surface area contributed by atoms with E-state index < -0.39 is 5.91 Å². The van der Waals surface area contributed by atoms with Gasteiger partial charge in [-0.15, -0.1) is 0 Å². The van der Waals surface area contributed by atoms with Crippen LogP contribution in [0.1, 0.15) is 35.3 Å². The molecule has 0 saturated carbocycles. The van der Waals surface area contributed by atoms with Gasteiger partial charge < -0.3 is 19.5 Å². The second kappa shape index (κ2) is 9.30. The highest BCUT2D eigenvalue weighted by Gasteiger charge is 2.21. The van der Waals surface area contributed by atoms with E-state index in [4.69, 9.17) is 18.8 Å². The van der Waals surface area contributed by atoms with Crippen LogP contribution in [0.4, 0.5) is 5.82 Å². The summed E-state index contributed by atoms with van der Waals surface area (Å²) in [5.74, 6) is 1.01. The van der Waals surface area contributed by atoms with Crippen molar-refractivity contribution in [2.24, 2.45) is 0 Å². The number of methoxy groups -OCH3 is 3. The Morgan fingerprint density at radius 1 is 0.967 bits per heavy atom. The predicted molar refractivity (Wildman–Crippen MR) is 113 cm³/mol. The first-order valence-corrected chi connectivity index (χ1v) is 9.62. The Labute approximate surface area is 175 Å². The molecule has 1 N–H and O–H groups in total. The maximum Gasteiger partial charge on any atom is 0.257 e. The van der Waals surface area contributed by atoms with Crippen LogP contribution in [0.2, 0.25) is 0 Å². The van der Waals surface area contributed by atoms with Crippen LogP contribution in [0.15, 0.2) is 35.0 Å². The molecule has 2 aromatic carbocycles. The quantitative estimate of drug-likeness (QED) is 0.595. The monoisotopic (exact) mass is 411 g/mol. The third-order valence-corrected chi connectivity index (χ3v) is 4.87. The van der Waals surface area contributed by atoms with Gasteiger partial charge in [0.05, 0.1) is 21.3 Å². The second-order valence-electron chi connectivity index (χ2n) is 6.53. The maximum atomic E-state index is 12.9. The molecule has 158 valence electrons. The Kier molecular flexibility index (Phi) is 6.56. The van der Waals surface area contributed by atoms with Crippen LogP contribution >= 0.6 is 0 Å². The first-order valence-electron chi connectivity index (χ1n) is 9.62. The summed E-state index contributed by atoms with van der Waals surface area (Å²) >= 11 is 0. The Morgan fingerprint density at radius 2 is 1.67 bits per heavy atom. The van der Waals surface area contributed by atoms with Gasteiger partial charge in [-0.05, 0) is 52.5 Å². The summed E-state index contributed by atoms with van der Waals surface area (Å²) in [5, 5.41) is 10.7. The molecule has 0 bridgehead atoms. The van der Waals surface area contributed by atoms with Gasteiger partial charge in [-0.1, -0.05) is 26.0 Å². The Hall–Kier alpha value is -3.55. The molecule has 0 spiro atoms. The predicted octanol–water partition coefficient (Wildman–Crippen LogP) is 4.14. The molecule has 1 amide bonds. The summed E-state index contributed by atoms with van der Waals surface area (Å²) in [6.45, 7) is 4.14. The maximum absolute atomic E-state index is 12.9. The smallest absolute Gasteiger partial charge is 0.257 e. The fourth-order valence-electron chi connectivity index (χ4n) is 3.21. The average Bonchev–Trinajstić information content (AvgIpc) is 3.25. The summed E-state index contributed by atoms with van der Waals surface area (Å²) in [7, 11) is 4.49. The van der Waals surface area contributed by atoms with Crippen molar-refractivity contribution in [1.29, 1.82) is 0 Å². The van der Waals surface area contributed by atoms with Gasteiger partial charge in [0.2, 0.25) is 11.6 Å². The third kappa shape index (κ3) is 4.07. The van der Waals surface area contributed by atoms with Crippen LogP contribution in [0.3, 0.4) is 0 Å². The fourth-order valence-corrected chi connectivity index (χ4v) is 3.21. The summed E-state index contributed by atoms with van der Waals surface area (Å²) in [4.78, 5) is 12.9. The van der Waals surface area contributed by atoms with E-state index in [1.54, 1.807) is 12.1 Å². The molecule has 0 aliphatic carbocycles. The lowest BCUT2D eigenvalue weighted by Gasteiger charge is -2.14. The summed E-state index contributed by atoms with van der Waals surface area (Å²) in [6, 6.07) is 9.34. The normalized spacial score (nSPS) is 10.6. The first-order chi connectivity index (χ1) is 14.6. The van der Waals surface area contributed by atoms with E-state index in [2.05, 4.69) is 41.6 Å². The molecule has 3 aromatic rings. The molecule has 0 unspecified atom stereocenters. The standard InChI is InChI=1S/C22H25N3O5/c1-6-13-8-9-14(7-2)16(10-13)19-21(25-30-24-19)23-22(26)15-11-17(27-3)20(29-5)18(12-15)28-4/h8-12H,6-7H2,1-5H3,(H,23,25,26). The molecule has 0 fully saturated rings. The molecule has 8 heteroatoms. The van der Waals surface area contributed by atoms with Crippen LogP contribution in [0, 0.1) is 0 Å². The Morgan fingerprint density at radius 3 is 2.23 bits per heavy atom.